The molecule has 1 aromatic heterocycles. The summed E-state index contributed by atoms with van der Waals surface area (Å²) in [5, 5.41) is 7.18. The Kier molecular flexibility index (Phi) is 2.63. The van der Waals surface area contributed by atoms with E-state index in [1.807, 2.05) is 0 Å². The van der Waals surface area contributed by atoms with Crippen LogP contribution in [-0.4, -0.2) is 46.3 Å². The highest BCUT2D eigenvalue weighted by Gasteiger charge is 2.35. The number of piperidine rings is 3. The molecule has 5 nitrogen and oxygen atoms in total. The monoisotopic (exact) mass is 234 g/mol. The van der Waals surface area contributed by atoms with E-state index in [0.717, 1.165) is 6.54 Å². The van der Waals surface area contributed by atoms with Gasteiger partial charge in [-0.25, -0.2) is 0 Å². The van der Waals surface area contributed by atoms with Crippen molar-refractivity contribution in [3.8, 4) is 0 Å². The Morgan fingerprint density at radius 1 is 1.47 bits per heavy atom. The predicted octanol–water partition coefficient (Wildman–Crippen LogP) is 0.244. The van der Waals surface area contributed by atoms with Gasteiger partial charge in [-0.15, -0.1) is 0 Å². The zero-order valence-corrected chi connectivity index (χ0v) is 10.1. The van der Waals surface area contributed by atoms with E-state index >= 15 is 0 Å². The molecule has 3 aliphatic rings. The molecule has 4 heterocycles. The molecule has 0 aromatic carbocycles. The van der Waals surface area contributed by atoms with Gasteiger partial charge in [-0.2, -0.15) is 5.10 Å². The summed E-state index contributed by atoms with van der Waals surface area (Å²) in [5.74, 6) is 0.668. The maximum absolute atomic E-state index is 12.1. The number of hydrogen-bond donors (Lipinski definition) is 1. The summed E-state index contributed by atoms with van der Waals surface area (Å²) in [6, 6.07) is 2.08. The highest BCUT2D eigenvalue weighted by atomic mass is 16.2. The molecule has 3 fully saturated rings. The molecule has 2 bridgehead atoms. The van der Waals surface area contributed by atoms with Gasteiger partial charge < -0.3 is 10.2 Å². The molecule has 0 spiro atoms. The summed E-state index contributed by atoms with van der Waals surface area (Å²) in [4.78, 5) is 14.5. The molecule has 0 aliphatic carbocycles. The van der Waals surface area contributed by atoms with Crippen LogP contribution in [-0.2, 0) is 7.05 Å². The third-order valence-electron chi connectivity index (χ3n) is 4.03. The summed E-state index contributed by atoms with van der Waals surface area (Å²) < 4.78 is 1.62. The first kappa shape index (κ1) is 10.8. The number of amides is 1. The van der Waals surface area contributed by atoms with Crippen LogP contribution in [0, 0.1) is 5.92 Å². The van der Waals surface area contributed by atoms with E-state index < -0.39 is 0 Å². The van der Waals surface area contributed by atoms with Crippen LogP contribution in [0.1, 0.15) is 23.3 Å². The van der Waals surface area contributed by atoms with E-state index in [1.54, 1.807) is 24.0 Å². The fourth-order valence-corrected chi connectivity index (χ4v) is 2.97. The lowest BCUT2D eigenvalue weighted by atomic mass is 9.84. The number of nitrogens with zero attached hydrogens (tertiary/aromatic N) is 3. The number of hydrogen-bond acceptors (Lipinski definition) is 3. The minimum atomic E-state index is 0.00347. The van der Waals surface area contributed by atoms with Gasteiger partial charge in [-0.1, -0.05) is 0 Å². The van der Waals surface area contributed by atoms with E-state index in [1.165, 1.54) is 25.9 Å². The van der Waals surface area contributed by atoms with Gasteiger partial charge in [0.1, 0.15) is 5.69 Å². The minimum Gasteiger partial charge on any atom is -0.346 e. The molecule has 1 N–H and O–H groups in total. The Bertz CT molecular complexity index is 420. The third kappa shape index (κ3) is 1.95. The maximum Gasteiger partial charge on any atom is 0.269 e. The molecule has 1 atom stereocenters. The Morgan fingerprint density at radius 2 is 2.24 bits per heavy atom. The first-order valence-corrected chi connectivity index (χ1v) is 6.25. The van der Waals surface area contributed by atoms with Crippen LogP contribution in [0.5, 0.6) is 0 Å². The van der Waals surface area contributed by atoms with Crippen molar-refractivity contribution >= 4 is 5.91 Å². The minimum absolute atomic E-state index is 0.00347. The molecule has 4 rings (SSSR count). The Hall–Kier alpha value is -1.36. The van der Waals surface area contributed by atoms with Gasteiger partial charge in [0, 0.05) is 25.8 Å². The second-order valence-corrected chi connectivity index (χ2v) is 5.06. The van der Waals surface area contributed by atoms with Crippen LogP contribution in [0.25, 0.3) is 0 Å². The quantitative estimate of drug-likeness (QED) is 0.797. The Morgan fingerprint density at radius 3 is 2.76 bits per heavy atom. The first-order valence-electron chi connectivity index (χ1n) is 6.25. The van der Waals surface area contributed by atoms with E-state index in [-0.39, 0.29) is 5.91 Å². The number of carbonyl (C=O) groups is 1. The molecule has 1 aromatic rings. The molecule has 3 saturated heterocycles. The second-order valence-electron chi connectivity index (χ2n) is 5.06. The number of aryl methyl sites for hydroxylation is 1. The summed E-state index contributed by atoms with van der Waals surface area (Å²) in [6.45, 7) is 3.40. The van der Waals surface area contributed by atoms with E-state index in [2.05, 4.69) is 15.3 Å². The number of nitrogens with one attached hydrogen (secondary N) is 1. The first-order chi connectivity index (χ1) is 8.24. The highest BCUT2D eigenvalue weighted by molar-refractivity contribution is 5.92. The van der Waals surface area contributed by atoms with Crippen LogP contribution in [0.3, 0.4) is 0 Å². The van der Waals surface area contributed by atoms with Gasteiger partial charge >= 0.3 is 0 Å². The number of aromatic nitrogens is 2. The number of carbonyl (C=O) groups excluding carboxylic acids is 1. The smallest absolute Gasteiger partial charge is 0.269 e. The molecular weight excluding hydrogens is 216 g/mol. The molecule has 5 heteroatoms. The molecule has 0 radical (unpaired) electrons. The normalized spacial score (nSPS) is 31.5. The SMILES string of the molecule is Cn1nccc1C(=O)NC1CN2CCC1CC2. The van der Waals surface area contributed by atoms with Gasteiger partial charge in [0.15, 0.2) is 0 Å². The molecule has 1 amide bonds. The summed E-state index contributed by atoms with van der Waals surface area (Å²) in [6.07, 6.45) is 4.10. The molecule has 17 heavy (non-hydrogen) atoms. The molecule has 3 aliphatic heterocycles. The van der Waals surface area contributed by atoms with Crippen molar-refractivity contribution in [3.63, 3.8) is 0 Å². The Balaban J connectivity index is 1.68. The predicted molar refractivity (Wildman–Crippen MR) is 63.6 cm³/mol. The van der Waals surface area contributed by atoms with Crippen molar-refractivity contribution in [2.24, 2.45) is 13.0 Å². The molecule has 1 unspecified atom stereocenters. The second kappa shape index (κ2) is 4.14. The fourth-order valence-electron chi connectivity index (χ4n) is 2.97. The van der Waals surface area contributed by atoms with E-state index in [4.69, 9.17) is 0 Å². The van der Waals surface area contributed by atoms with E-state index in [9.17, 15) is 4.79 Å². The number of fused-ring (bicyclic) bond motifs is 3. The van der Waals surface area contributed by atoms with Crippen molar-refractivity contribution in [1.82, 2.24) is 20.0 Å². The van der Waals surface area contributed by atoms with Crippen molar-refractivity contribution in [1.29, 1.82) is 0 Å². The van der Waals surface area contributed by atoms with Crippen molar-refractivity contribution in [3.05, 3.63) is 18.0 Å². The zero-order valence-electron chi connectivity index (χ0n) is 10.1. The van der Waals surface area contributed by atoms with Gasteiger partial charge in [0.2, 0.25) is 0 Å². The zero-order chi connectivity index (χ0) is 11.8. The lowest BCUT2D eigenvalue weighted by Gasteiger charge is -2.44. The fraction of sp³-hybridized carbons (Fsp3) is 0.667. The standard InChI is InChI=1S/C12H18N4O/c1-15-11(2-5-13-15)12(17)14-10-8-16-6-3-9(10)4-7-16/h2,5,9-10H,3-4,6-8H2,1H3,(H,14,17). The van der Waals surface area contributed by atoms with Crippen LogP contribution < -0.4 is 5.32 Å². The summed E-state index contributed by atoms with van der Waals surface area (Å²) in [5.41, 5.74) is 0.640. The summed E-state index contributed by atoms with van der Waals surface area (Å²) >= 11 is 0. The summed E-state index contributed by atoms with van der Waals surface area (Å²) in [7, 11) is 1.80. The van der Waals surface area contributed by atoms with Gasteiger partial charge in [0.25, 0.3) is 5.91 Å². The Labute approximate surface area is 101 Å². The van der Waals surface area contributed by atoms with Crippen molar-refractivity contribution in [2.75, 3.05) is 19.6 Å². The van der Waals surface area contributed by atoms with Gasteiger partial charge in [-0.05, 0) is 37.9 Å². The highest BCUT2D eigenvalue weighted by Crippen LogP contribution is 2.27. The van der Waals surface area contributed by atoms with Crippen LogP contribution in [0.15, 0.2) is 12.3 Å². The molecule has 92 valence electrons. The van der Waals surface area contributed by atoms with Crippen molar-refractivity contribution in [2.45, 2.75) is 18.9 Å². The lowest BCUT2D eigenvalue weighted by molar-refractivity contribution is 0.0615. The third-order valence-corrected chi connectivity index (χ3v) is 4.03. The number of rotatable bonds is 2. The molecule has 0 saturated carbocycles. The lowest BCUT2D eigenvalue weighted by Crippen LogP contribution is -2.57. The van der Waals surface area contributed by atoms with Gasteiger partial charge in [-0.3, -0.25) is 9.48 Å². The van der Waals surface area contributed by atoms with E-state index in [0.29, 0.717) is 17.7 Å². The van der Waals surface area contributed by atoms with Crippen LogP contribution >= 0.6 is 0 Å². The molecular formula is C12H18N4O. The van der Waals surface area contributed by atoms with Crippen LogP contribution in [0.2, 0.25) is 0 Å². The van der Waals surface area contributed by atoms with Gasteiger partial charge in [0.05, 0.1) is 0 Å². The maximum atomic E-state index is 12.1. The van der Waals surface area contributed by atoms with Crippen molar-refractivity contribution < 1.29 is 4.79 Å². The average molecular weight is 234 g/mol. The van der Waals surface area contributed by atoms with Crippen LogP contribution in [0.4, 0.5) is 0 Å². The topological polar surface area (TPSA) is 50.2 Å². The largest absolute Gasteiger partial charge is 0.346 e. The average Bonchev–Trinajstić information content (AvgIpc) is 2.77.